The molecule has 1 aliphatic rings. The van der Waals surface area contributed by atoms with Gasteiger partial charge in [0.1, 0.15) is 5.75 Å². The molecular formula is C26H25NO2. The maximum Gasteiger partial charge on any atom is 0.119 e. The van der Waals surface area contributed by atoms with Crippen LogP contribution in [0.15, 0.2) is 72.8 Å². The average Bonchev–Trinajstić information content (AvgIpc) is 2.80. The van der Waals surface area contributed by atoms with E-state index in [0.29, 0.717) is 0 Å². The summed E-state index contributed by atoms with van der Waals surface area (Å²) in [7, 11) is 1.69. The second kappa shape index (κ2) is 9.43. The summed E-state index contributed by atoms with van der Waals surface area (Å²) in [5, 5.41) is 2.32. The first kappa shape index (κ1) is 19.3. The molecule has 3 heteroatoms. The second-order valence-electron chi connectivity index (χ2n) is 7.06. The minimum Gasteiger partial charge on any atom is -0.497 e. The van der Waals surface area contributed by atoms with Crippen molar-refractivity contribution in [2.75, 3.05) is 33.4 Å². The molecule has 3 aromatic carbocycles. The van der Waals surface area contributed by atoms with E-state index in [9.17, 15) is 0 Å². The Kier molecular flexibility index (Phi) is 6.26. The van der Waals surface area contributed by atoms with E-state index in [4.69, 9.17) is 9.47 Å². The van der Waals surface area contributed by atoms with Gasteiger partial charge in [0.15, 0.2) is 0 Å². The first-order valence-electron chi connectivity index (χ1n) is 9.96. The molecule has 0 aromatic heterocycles. The van der Waals surface area contributed by atoms with Crippen molar-refractivity contribution in [1.29, 1.82) is 0 Å². The molecule has 146 valence electrons. The Morgan fingerprint density at radius 3 is 2.52 bits per heavy atom. The van der Waals surface area contributed by atoms with Crippen LogP contribution >= 0.6 is 0 Å². The summed E-state index contributed by atoms with van der Waals surface area (Å²) >= 11 is 0. The Balaban J connectivity index is 1.59. The highest BCUT2D eigenvalue weighted by molar-refractivity contribution is 5.85. The lowest BCUT2D eigenvalue weighted by molar-refractivity contribution is 0.0344. The van der Waals surface area contributed by atoms with Crippen LogP contribution in [0.1, 0.15) is 11.1 Å². The van der Waals surface area contributed by atoms with E-state index < -0.39 is 0 Å². The zero-order valence-electron chi connectivity index (χ0n) is 16.7. The highest BCUT2D eigenvalue weighted by Gasteiger charge is 2.16. The van der Waals surface area contributed by atoms with Crippen LogP contribution in [0.3, 0.4) is 0 Å². The van der Waals surface area contributed by atoms with E-state index in [1.165, 1.54) is 10.9 Å². The Labute approximate surface area is 172 Å². The number of hydrogen-bond donors (Lipinski definition) is 0. The number of rotatable bonds is 4. The second-order valence-corrected chi connectivity index (χ2v) is 7.06. The summed E-state index contributed by atoms with van der Waals surface area (Å²) in [5.41, 5.74) is 2.21. The molecule has 1 saturated heterocycles. The lowest BCUT2D eigenvalue weighted by Gasteiger charge is -2.29. The van der Waals surface area contributed by atoms with E-state index in [0.717, 1.165) is 43.0 Å². The number of hydrogen-bond acceptors (Lipinski definition) is 3. The van der Waals surface area contributed by atoms with Crippen molar-refractivity contribution in [3.63, 3.8) is 0 Å². The molecule has 0 radical (unpaired) electrons. The highest BCUT2D eigenvalue weighted by atomic mass is 16.5. The fourth-order valence-corrected chi connectivity index (χ4v) is 3.47. The van der Waals surface area contributed by atoms with Crippen LogP contribution in [0.5, 0.6) is 5.75 Å². The number of benzene rings is 3. The SMILES string of the molecule is COc1ccc2cc(C#CC(/C=C/c3ccccc3)N3CCOCC3)ccc2c1. The zero-order chi connectivity index (χ0) is 19.9. The summed E-state index contributed by atoms with van der Waals surface area (Å²) < 4.78 is 10.8. The summed E-state index contributed by atoms with van der Waals surface area (Å²) in [6.45, 7) is 3.32. The normalized spacial score (nSPS) is 15.8. The van der Waals surface area contributed by atoms with Crippen molar-refractivity contribution in [1.82, 2.24) is 4.90 Å². The van der Waals surface area contributed by atoms with E-state index in [1.807, 2.05) is 18.2 Å². The maximum absolute atomic E-state index is 5.52. The Hall–Kier alpha value is -3.06. The lowest BCUT2D eigenvalue weighted by Crippen LogP contribution is -2.42. The number of ether oxygens (including phenoxy) is 2. The fourth-order valence-electron chi connectivity index (χ4n) is 3.47. The third kappa shape index (κ3) is 5.06. The standard InChI is InChI=1S/C26H25NO2/c1-28-26-14-11-23-19-22(7-10-24(23)20-26)9-13-25(27-15-17-29-18-16-27)12-8-21-5-3-2-4-6-21/h2-8,10-12,14,19-20,25H,15-18H2,1H3/b12-8+. The molecule has 0 bridgehead atoms. The van der Waals surface area contributed by atoms with Gasteiger partial charge in [0.25, 0.3) is 0 Å². The molecule has 0 N–H and O–H groups in total. The van der Waals surface area contributed by atoms with Crippen molar-refractivity contribution >= 4 is 16.8 Å². The van der Waals surface area contributed by atoms with Crippen molar-refractivity contribution < 1.29 is 9.47 Å². The van der Waals surface area contributed by atoms with Gasteiger partial charge in [-0.3, -0.25) is 4.90 Å². The first-order valence-corrected chi connectivity index (χ1v) is 9.96. The van der Waals surface area contributed by atoms with Crippen LogP contribution in [0.4, 0.5) is 0 Å². The predicted molar refractivity (Wildman–Crippen MR) is 119 cm³/mol. The van der Waals surface area contributed by atoms with Gasteiger partial charge in [-0.2, -0.15) is 0 Å². The topological polar surface area (TPSA) is 21.7 Å². The number of nitrogens with zero attached hydrogens (tertiary/aromatic N) is 1. The molecule has 0 spiro atoms. The van der Waals surface area contributed by atoms with Gasteiger partial charge in [-0.15, -0.1) is 0 Å². The Morgan fingerprint density at radius 1 is 0.966 bits per heavy atom. The largest absolute Gasteiger partial charge is 0.497 e. The third-order valence-electron chi connectivity index (χ3n) is 5.12. The van der Waals surface area contributed by atoms with Gasteiger partial charge in [-0.25, -0.2) is 0 Å². The highest BCUT2D eigenvalue weighted by Crippen LogP contribution is 2.21. The predicted octanol–water partition coefficient (Wildman–Crippen LogP) is 4.61. The Morgan fingerprint density at radius 2 is 1.72 bits per heavy atom. The van der Waals surface area contributed by atoms with E-state index >= 15 is 0 Å². The van der Waals surface area contributed by atoms with Crippen LogP contribution in [-0.2, 0) is 4.74 Å². The van der Waals surface area contributed by atoms with Crippen LogP contribution < -0.4 is 4.74 Å². The first-order chi connectivity index (χ1) is 14.3. The molecule has 1 atom stereocenters. The molecule has 1 fully saturated rings. The molecular weight excluding hydrogens is 358 g/mol. The maximum atomic E-state index is 5.52. The van der Waals surface area contributed by atoms with Gasteiger partial charge in [0, 0.05) is 18.7 Å². The molecule has 0 saturated carbocycles. The van der Waals surface area contributed by atoms with Gasteiger partial charge in [0.05, 0.1) is 26.4 Å². The zero-order valence-corrected chi connectivity index (χ0v) is 16.7. The summed E-state index contributed by atoms with van der Waals surface area (Å²) in [6.07, 6.45) is 4.35. The molecule has 0 aliphatic carbocycles. The number of fused-ring (bicyclic) bond motifs is 1. The third-order valence-corrected chi connectivity index (χ3v) is 5.12. The minimum absolute atomic E-state index is 0.0608. The van der Waals surface area contributed by atoms with Crippen LogP contribution in [0.25, 0.3) is 16.8 Å². The van der Waals surface area contributed by atoms with Crippen LogP contribution in [-0.4, -0.2) is 44.4 Å². The van der Waals surface area contributed by atoms with Gasteiger partial charge in [0.2, 0.25) is 0 Å². The van der Waals surface area contributed by atoms with Gasteiger partial charge in [-0.05, 0) is 40.6 Å². The smallest absolute Gasteiger partial charge is 0.119 e. The molecule has 29 heavy (non-hydrogen) atoms. The molecule has 0 amide bonds. The van der Waals surface area contributed by atoms with Crippen molar-refractivity contribution in [2.24, 2.45) is 0 Å². The average molecular weight is 383 g/mol. The molecule has 4 rings (SSSR count). The molecule has 1 heterocycles. The van der Waals surface area contributed by atoms with Crippen LogP contribution in [0.2, 0.25) is 0 Å². The molecule has 3 aromatic rings. The van der Waals surface area contributed by atoms with Crippen LogP contribution in [0, 0.1) is 11.8 Å². The van der Waals surface area contributed by atoms with Gasteiger partial charge < -0.3 is 9.47 Å². The van der Waals surface area contributed by atoms with Crippen molar-refractivity contribution in [3.8, 4) is 17.6 Å². The van der Waals surface area contributed by atoms with Gasteiger partial charge >= 0.3 is 0 Å². The van der Waals surface area contributed by atoms with E-state index in [-0.39, 0.29) is 6.04 Å². The Bertz CT molecular complexity index is 1040. The van der Waals surface area contributed by atoms with E-state index in [2.05, 4.69) is 77.4 Å². The molecule has 3 nitrogen and oxygen atoms in total. The van der Waals surface area contributed by atoms with Crippen molar-refractivity contribution in [3.05, 3.63) is 83.9 Å². The summed E-state index contributed by atoms with van der Waals surface area (Å²) in [6, 6.07) is 22.8. The van der Waals surface area contributed by atoms with E-state index in [1.54, 1.807) is 7.11 Å². The van der Waals surface area contributed by atoms with Gasteiger partial charge in [-0.1, -0.05) is 66.5 Å². The lowest BCUT2D eigenvalue weighted by atomic mass is 10.1. The summed E-state index contributed by atoms with van der Waals surface area (Å²) in [4.78, 5) is 2.38. The molecule has 1 aliphatic heterocycles. The fraction of sp³-hybridized carbons (Fsp3) is 0.231. The molecule has 1 unspecified atom stereocenters. The number of methoxy groups -OCH3 is 1. The summed E-state index contributed by atoms with van der Waals surface area (Å²) in [5.74, 6) is 7.73. The van der Waals surface area contributed by atoms with Crippen molar-refractivity contribution in [2.45, 2.75) is 6.04 Å². The monoisotopic (exact) mass is 383 g/mol. The quantitative estimate of drug-likeness (QED) is 0.614. The number of morpholine rings is 1. The minimum atomic E-state index is 0.0608.